The van der Waals surface area contributed by atoms with E-state index >= 15 is 0 Å². The van der Waals surface area contributed by atoms with Crippen LogP contribution in [0.1, 0.15) is 32.6 Å². The molecular formula is C13H24N2O2. The molecule has 4 heteroatoms. The molecular weight excluding hydrogens is 216 g/mol. The van der Waals surface area contributed by atoms with Gasteiger partial charge < -0.3 is 14.5 Å². The lowest BCUT2D eigenvalue weighted by molar-refractivity contribution is 0.00145. The molecule has 2 atom stereocenters. The predicted octanol–water partition coefficient (Wildman–Crippen LogP) is 1.95. The van der Waals surface area contributed by atoms with Crippen LogP contribution in [0.3, 0.4) is 0 Å². The van der Waals surface area contributed by atoms with Crippen molar-refractivity contribution in [2.75, 3.05) is 33.3 Å². The van der Waals surface area contributed by atoms with E-state index in [0.29, 0.717) is 5.92 Å². The van der Waals surface area contributed by atoms with Crippen molar-refractivity contribution in [2.45, 2.75) is 38.7 Å². The number of amides is 2. The highest BCUT2D eigenvalue weighted by molar-refractivity contribution is 5.74. The lowest BCUT2D eigenvalue weighted by Crippen LogP contribution is -2.52. The molecule has 2 aliphatic rings. The predicted molar refractivity (Wildman–Crippen MR) is 67.0 cm³/mol. The third-order valence-corrected chi connectivity index (χ3v) is 4.09. The summed E-state index contributed by atoms with van der Waals surface area (Å²) >= 11 is 0. The van der Waals surface area contributed by atoms with Gasteiger partial charge in [0.1, 0.15) is 0 Å². The first-order chi connectivity index (χ1) is 8.22. The molecule has 98 valence electrons. The number of ether oxygens (including phenoxy) is 1. The minimum atomic E-state index is 0.206. The summed E-state index contributed by atoms with van der Waals surface area (Å²) in [6, 6.07) is 0.221. The Balaban J connectivity index is 1.90. The fraction of sp³-hybridized carbons (Fsp3) is 0.923. The number of piperidine rings is 2. The van der Waals surface area contributed by atoms with E-state index in [1.807, 2.05) is 9.80 Å². The van der Waals surface area contributed by atoms with Crippen LogP contribution < -0.4 is 0 Å². The number of urea groups is 1. The summed E-state index contributed by atoms with van der Waals surface area (Å²) in [6.45, 7) is 5.71. The van der Waals surface area contributed by atoms with Gasteiger partial charge in [0, 0.05) is 33.3 Å². The number of hydrogen-bond acceptors (Lipinski definition) is 2. The first-order valence-corrected chi connectivity index (χ1v) is 6.79. The molecule has 0 N–H and O–H groups in total. The van der Waals surface area contributed by atoms with Gasteiger partial charge in [0.05, 0.1) is 6.10 Å². The number of methoxy groups -OCH3 is 1. The molecule has 2 rings (SSSR count). The highest BCUT2D eigenvalue weighted by Gasteiger charge is 2.31. The molecule has 0 aromatic heterocycles. The standard InChI is InChI=1S/C13H24N2O2/c1-11-6-9-15(10-12(11)17-2)13(16)14-7-4-3-5-8-14/h11-12H,3-10H2,1-2H3. The van der Waals surface area contributed by atoms with Crippen molar-refractivity contribution in [3.8, 4) is 0 Å². The monoisotopic (exact) mass is 240 g/mol. The van der Waals surface area contributed by atoms with Crippen molar-refractivity contribution in [1.82, 2.24) is 9.80 Å². The van der Waals surface area contributed by atoms with Crippen LogP contribution in [0, 0.1) is 5.92 Å². The molecule has 2 amide bonds. The Hall–Kier alpha value is -0.770. The molecule has 0 aromatic rings. The first-order valence-electron chi connectivity index (χ1n) is 6.79. The van der Waals surface area contributed by atoms with E-state index < -0.39 is 0 Å². The average molecular weight is 240 g/mol. The van der Waals surface area contributed by atoms with E-state index in [9.17, 15) is 4.79 Å². The molecule has 2 saturated heterocycles. The lowest BCUT2D eigenvalue weighted by atomic mass is 9.96. The van der Waals surface area contributed by atoms with E-state index in [1.54, 1.807) is 7.11 Å². The van der Waals surface area contributed by atoms with Gasteiger partial charge in [-0.25, -0.2) is 4.79 Å². The zero-order chi connectivity index (χ0) is 12.3. The smallest absolute Gasteiger partial charge is 0.320 e. The van der Waals surface area contributed by atoms with Crippen molar-refractivity contribution in [3.63, 3.8) is 0 Å². The maximum atomic E-state index is 12.3. The van der Waals surface area contributed by atoms with Crippen LogP contribution in [-0.2, 0) is 4.74 Å². The summed E-state index contributed by atoms with van der Waals surface area (Å²) < 4.78 is 5.46. The third-order valence-electron chi connectivity index (χ3n) is 4.09. The lowest BCUT2D eigenvalue weighted by Gasteiger charge is -2.39. The molecule has 2 aliphatic heterocycles. The van der Waals surface area contributed by atoms with Crippen LogP contribution in [0.4, 0.5) is 4.79 Å². The fourth-order valence-corrected chi connectivity index (χ4v) is 2.80. The molecule has 0 spiro atoms. The van der Waals surface area contributed by atoms with Gasteiger partial charge >= 0.3 is 6.03 Å². The largest absolute Gasteiger partial charge is 0.379 e. The van der Waals surface area contributed by atoms with Crippen LogP contribution in [0.2, 0.25) is 0 Å². The Bertz CT molecular complexity index is 264. The second kappa shape index (κ2) is 5.71. The maximum Gasteiger partial charge on any atom is 0.320 e. The van der Waals surface area contributed by atoms with Gasteiger partial charge in [0.15, 0.2) is 0 Å². The van der Waals surface area contributed by atoms with Gasteiger partial charge in [0.25, 0.3) is 0 Å². The van der Waals surface area contributed by atoms with E-state index in [4.69, 9.17) is 4.74 Å². The van der Waals surface area contributed by atoms with Crippen LogP contribution in [0.5, 0.6) is 0 Å². The normalized spacial score (nSPS) is 30.5. The van der Waals surface area contributed by atoms with Crippen molar-refractivity contribution >= 4 is 6.03 Å². The second-order valence-electron chi connectivity index (χ2n) is 5.32. The van der Waals surface area contributed by atoms with Gasteiger partial charge in [-0.05, 0) is 31.6 Å². The van der Waals surface area contributed by atoms with Crippen molar-refractivity contribution in [1.29, 1.82) is 0 Å². The second-order valence-corrected chi connectivity index (χ2v) is 5.32. The van der Waals surface area contributed by atoms with Crippen LogP contribution in [0.15, 0.2) is 0 Å². The zero-order valence-corrected chi connectivity index (χ0v) is 11.0. The summed E-state index contributed by atoms with van der Waals surface area (Å²) in [5, 5.41) is 0. The molecule has 0 bridgehead atoms. The number of nitrogens with zero attached hydrogens (tertiary/aromatic N) is 2. The summed E-state index contributed by atoms with van der Waals surface area (Å²) in [7, 11) is 1.75. The van der Waals surface area contributed by atoms with Gasteiger partial charge in [-0.15, -0.1) is 0 Å². The van der Waals surface area contributed by atoms with Gasteiger partial charge in [-0.1, -0.05) is 6.92 Å². The van der Waals surface area contributed by atoms with Crippen molar-refractivity contribution in [2.24, 2.45) is 5.92 Å². The number of likely N-dealkylation sites (tertiary alicyclic amines) is 2. The Morgan fingerprint density at radius 1 is 1.12 bits per heavy atom. The average Bonchev–Trinajstić information content (AvgIpc) is 2.39. The van der Waals surface area contributed by atoms with Gasteiger partial charge in [-0.3, -0.25) is 0 Å². The molecule has 0 aliphatic carbocycles. The zero-order valence-electron chi connectivity index (χ0n) is 11.0. The molecule has 17 heavy (non-hydrogen) atoms. The Labute approximate surface area is 104 Å². The number of carbonyl (C=O) groups is 1. The van der Waals surface area contributed by atoms with Gasteiger partial charge in [0.2, 0.25) is 0 Å². The van der Waals surface area contributed by atoms with Crippen LogP contribution in [-0.4, -0.2) is 55.2 Å². The molecule has 2 unspecified atom stereocenters. The molecule has 0 radical (unpaired) electrons. The molecule has 2 fully saturated rings. The highest BCUT2D eigenvalue weighted by atomic mass is 16.5. The van der Waals surface area contributed by atoms with E-state index in [2.05, 4.69) is 6.92 Å². The number of carbonyl (C=O) groups excluding carboxylic acids is 1. The molecule has 0 aromatic carbocycles. The topological polar surface area (TPSA) is 32.8 Å². The van der Waals surface area contributed by atoms with Crippen LogP contribution in [0.25, 0.3) is 0 Å². The Morgan fingerprint density at radius 3 is 2.47 bits per heavy atom. The van der Waals surface area contributed by atoms with Crippen molar-refractivity contribution < 1.29 is 9.53 Å². The molecule has 4 nitrogen and oxygen atoms in total. The van der Waals surface area contributed by atoms with Gasteiger partial charge in [-0.2, -0.15) is 0 Å². The number of rotatable bonds is 1. The van der Waals surface area contributed by atoms with E-state index in [0.717, 1.165) is 45.4 Å². The molecule has 0 saturated carbocycles. The number of hydrogen-bond donors (Lipinski definition) is 0. The highest BCUT2D eigenvalue weighted by Crippen LogP contribution is 2.21. The first kappa shape index (κ1) is 12.7. The molecule has 2 heterocycles. The Morgan fingerprint density at radius 2 is 1.82 bits per heavy atom. The third kappa shape index (κ3) is 2.92. The summed E-state index contributed by atoms with van der Waals surface area (Å²) in [4.78, 5) is 16.3. The summed E-state index contributed by atoms with van der Waals surface area (Å²) in [5.41, 5.74) is 0. The fourth-order valence-electron chi connectivity index (χ4n) is 2.80. The summed E-state index contributed by atoms with van der Waals surface area (Å²) in [5.74, 6) is 0.561. The maximum absolute atomic E-state index is 12.3. The van der Waals surface area contributed by atoms with E-state index in [1.165, 1.54) is 6.42 Å². The van der Waals surface area contributed by atoms with E-state index in [-0.39, 0.29) is 12.1 Å². The van der Waals surface area contributed by atoms with Crippen molar-refractivity contribution in [3.05, 3.63) is 0 Å². The minimum Gasteiger partial charge on any atom is -0.379 e. The quantitative estimate of drug-likeness (QED) is 0.702. The summed E-state index contributed by atoms with van der Waals surface area (Å²) in [6.07, 6.45) is 4.84. The Kier molecular flexibility index (Phi) is 4.26. The minimum absolute atomic E-state index is 0.206. The van der Waals surface area contributed by atoms with Crippen LogP contribution >= 0.6 is 0 Å². The SMILES string of the molecule is COC1CN(C(=O)N2CCCCC2)CCC1C.